The number of fused-ring (bicyclic) bond motifs is 2. The van der Waals surface area contributed by atoms with Crippen molar-refractivity contribution in [1.82, 2.24) is 10.0 Å². The summed E-state index contributed by atoms with van der Waals surface area (Å²) in [6.07, 6.45) is 3.80. The lowest BCUT2D eigenvalue weighted by Crippen LogP contribution is -2.22. The summed E-state index contributed by atoms with van der Waals surface area (Å²) in [5.41, 5.74) is 15.9. The van der Waals surface area contributed by atoms with Crippen molar-refractivity contribution in [2.24, 2.45) is 10.2 Å². The number of nitro benzene ring substituents is 1. The molecule has 0 fully saturated rings. The quantitative estimate of drug-likeness (QED) is 0.129. The lowest BCUT2D eigenvalue weighted by atomic mass is 9.96. The number of amides is 2. The maximum atomic E-state index is 12.0. The molecule has 4 aromatic rings. The number of nitro groups is 1. The van der Waals surface area contributed by atoms with Gasteiger partial charge in [-0.1, -0.05) is 41.4 Å². The van der Waals surface area contributed by atoms with E-state index in [2.05, 4.69) is 10.2 Å². The fourth-order valence-corrected chi connectivity index (χ4v) is 6.00. The fourth-order valence-electron chi connectivity index (χ4n) is 5.65. The zero-order valence-electron chi connectivity index (χ0n) is 28.3. The van der Waals surface area contributed by atoms with Gasteiger partial charge in [-0.05, 0) is 105 Å². The van der Waals surface area contributed by atoms with Gasteiger partial charge in [0.05, 0.1) is 16.3 Å². The van der Waals surface area contributed by atoms with E-state index in [1.807, 2.05) is 68.5 Å². The minimum atomic E-state index is -0.424. The van der Waals surface area contributed by atoms with Gasteiger partial charge < -0.3 is 5.73 Å². The Morgan fingerprint density at radius 3 is 1.52 bits per heavy atom. The van der Waals surface area contributed by atoms with E-state index in [1.165, 1.54) is 29.9 Å². The van der Waals surface area contributed by atoms with E-state index in [1.54, 1.807) is 38.1 Å². The molecule has 2 aliphatic rings. The molecular formula is C38H34Cl2N6O4. The highest BCUT2D eigenvalue weighted by Crippen LogP contribution is 2.30. The van der Waals surface area contributed by atoms with Crippen LogP contribution < -0.4 is 5.73 Å². The van der Waals surface area contributed by atoms with Gasteiger partial charge in [0.2, 0.25) is 11.8 Å². The van der Waals surface area contributed by atoms with Gasteiger partial charge in [-0.25, -0.2) is 10.0 Å². The van der Waals surface area contributed by atoms with Crippen LogP contribution in [-0.2, 0) is 9.59 Å². The number of hydrazone groups is 2. The standard InChI is InChI=1S/C19H16ClN3O3.C19H18ClN3O/c1-11-8-15(5-7-18(11)23(25)26)19-17-10-16(20)6-4-14(17)9-12(2)22(21-19)13(3)24;1-11-8-15(5-7-18(11)21)19-17-10-16(20)6-4-14(17)9-12(2)23(22-19)13(3)24/h4-10H,1-3H3;4-10H,21H2,1-3H3. The number of anilines is 1. The molecule has 2 aliphatic heterocycles. The first kappa shape index (κ1) is 35.7. The molecule has 2 N–H and O–H groups in total. The number of nitrogen functional groups attached to an aromatic ring is 1. The summed E-state index contributed by atoms with van der Waals surface area (Å²) in [5, 5.41) is 24.1. The molecule has 6 rings (SSSR count). The highest BCUT2D eigenvalue weighted by molar-refractivity contribution is 6.32. The molecule has 0 radical (unpaired) electrons. The van der Waals surface area contributed by atoms with Crippen LogP contribution in [0.1, 0.15) is 72.2 Å². The number of nitrogens with two attached hydrogens (primary N) is 1. The topological polar surface area (TPSA) is 134 Å². The van der Waals surface area contributed by atoms with Crippen molar-refractivity contribution < 1.29 is 14.5 Å². The molecule has 2 amide bonds. The maximum Gasteiger partial charge on any atom is 0.272 e. The van der Waals surface area contributed by atoms with Crippen molar-refractivity contribution in [2.75, 3.05) is 5.73 Å². The molecule has 0 atom stereocenters. The van der Waals surface area contributed by atoms with Crippen molar-refractivity contribution in [1.29, 1.82) is 0 Å². The van der Waals surface area contributed by atoms with Gasteiger partial charge in [0, 0.05) is 74.9 Å². The van der Waals surface area contributed by atoms with Crippen LogP contribution in [0.15, 0.2) is 94.4 Å². The van der Waals surface area contributed by atoms with E-state index >= 15 is 0 Å². The summed E-state index contributed by atoms with van der Waals surface area (Å²) in [4.78, 5) is 34.7. The fraction of sp³-hybridized carbons (Fsp3) is 0.158. The first-order chi connectivity index (χ1) is 23.6. The van der Waals surface area contributed by atoms with Crippen LogP contribution in [0.5, 0.6) is 0 Å². The minimum absolute atomic E-state index is 0.0343. The van der Waals surface area contributed by atoms with Crippen molar-refractivity contribution >= 4 is 70.0 Å². The van der Waals surface area contributed by atoms with Gasteiger partial charge >= 0.3 is 0 Å². The van der Waals surface area contributed by atoms with Crippen molar-refractivity contribution in [3.63, 3.8) is 0 Å². The molecule has 50 heavy (non-hydrogen) atoms. The Balaban J connectivity index is 0.000000195. The van der Waals surface area contributed by atoms with Gasteiger partial charge in [-0.2, -0.15) is 10.2 Å². The average molecular weight is 710 g/mol. The Morgan fingerprint density at radius 2 is 1.12 bits per heavy atom. The predicted molar refractivity (Wildman–Crippen MR) is 200 cm³/mol. The van der Waals surface area contributed by atoms with Gasteiger partial charge in [0.1, 0.15) is 0 Å². The second-order valence-corrected chi connectivity index (χ2v) is 12.8. The van der Waals surface area contributed by atoms with E-state index in [0.29, 0.717) is 38.3 Å². The minimum Gasteiger partial charge on any atom is -0.399 e. The smallest absolute Gasteiger partial charge is 0.272 e. The summed E-state index contributed by atoms with van der Waals surface area (Å²) < 4.78 is 0. The molecule has 0 aromatic heterocycles. The molecule has 0 saturated carbocycles. The van der Waals surface area contributed by atoms with Gasteiger partial charge in [-0.15, -0.1) is 0 Å². The predicted octanol–water partition coefficient (Wildman–Crippen LogP) is 8.74. The molecule has 0 aliphatic carbocycles. The SMILES string of the molecule is CC(=O)N1N=C(c2ccc(N)c(C)c2)c2cc(Cl)ccc2C=C1C.CC(=O)N1N=C(c2ccc([N+](=O)[O-])c(C)c2)c2cc(Cl)ccc2C=C1C. The van der Waals surface area contributed by atoms with E-state index in [9.17, 15) is 19.7 Å². The summed E-state index contributed by atoms with van der Waals surface area (Å²) in [7, 11) is 0. The van der Waals surface area contributed by atoms with Crippen LogP contribution >= 0.6 is 23.2 Å². The zero-order valence-corrected chi connectivity index (χ0v) is 29.8. The van der Waals surface area contributed by atoms with Crippen LogP contribution in [0.3, 0.4) is 0 Å². The summed E-state index contributed by atoms with van der Waals surface area (Å²) >= 11 is 12.4. The monoisotopic (exact) mass is 708 g/mol. The van der Waals surface area contributed by atoms with E-state index in [-0.39, 0.29) is 17.5 Å². The van der Waals surface area contributed by atoms with Crippen LogP contribution in [0, 0.1) is 24.0 Å². The Bertz CT molecular complexity index is 2210. The maximum absolute atomic E-state index is 12.0. The summed E-state index contributed by atoms with van der Waals surface area (Å²) in [5.74, 6) is -0.374. The summed E-state index contributed by atoms with van der Waals surface area (Å²) in [6, 6.07) is 21.5. The Morgan fingerprint density at radius 1 is 0.680 bits per heavy atom. The van der Waals surface area contributed by atoms with E-state index in [4.69, 9.17) is 28.9 Å². The number of carbonyl (C=O) groups is 2. The van der Waals surface area contributed by atoms with Crippen LogP contribution in [0.4, 0.5) is 11.4 Å². The van der Waals surface area contributed by atoms with Crippen molar-refractivity contribution in [3.05, 3.63) is 149 Å². The third kappa shape index (κ3) is 7.51. The lowest BCUT2D eigenvalue weighted by Gasteiger charge is -2.16. The largest absolute Gasteiger partial charge is 0.399 e. The van der Waals surface area contributed by atoms with Gasteiger partial charge in [-0.3, -0.25) is 19.7 Å². The molecule has 2 heterocycles. The zero-order chi connectivity index (χ0) is 36.4. The number of nitrogens with zero attached hydrogens (tertiary/aromatic N) is 5. The molecule has 12 heteroatoms. The molecule has 4 aromatic carbocycles. The Hall–Kier alpha value is -5.58. The van der Waals surface area contributed by atoms with Gasteiger partial charge in [0.25, 0.3) is 5.69 Å². The molecule has 0 unspecified atom stereocenters. The number of hydrogen-bond donors (Lipinski definition) is 1. The van der Waals surface area contributed by atoms with Crippen LogP contribution in [-0.4, -0.2) is 38.2 Å². The number of allylic oxidation sites excluding steroid dienone is 2. The molecule has 0 bridgehead atoms. The number of benzene rings is 4. The molecular weight excluding hydrogens is 675 g/mol. The molecule has 0 saturated heterocycles. The third-order valence-electron chi connectivity index (χ3n) is 8.14. The molecule has 254 valence electrons. The highest BCUT2D eigenvalue weighted by Gasteiger charge is 2.23. The van der Waals surface area contributed by atoms with Crippen LogP contribution in [0.25, 0.3) is 12.2 Å². The first-order valence-electron chi connectivity index (χ1n) is 15.5. The van der Waals surface area contributed by atoms with Crippen molar-refractivity contribution in [3.8, 4) is 0 Å². The first-order valence-corrected chi connectivity index (χ1v) is 16.3. The number of carbonyl (C=O) groups excluding carboxylic acids is 2. The number of rotatable bonds is 3. The van der Waals surface area contributed by atoms with Crippen molar-refractivity contribution in [2.45, 2.75) is 41.5 Å². The normalized spacial score (nSPS) is 13.6. The number of halogens is 2. The Labute approximate surface area is 299 Å². The second kappa shape index (κ2) is 14.5. The Kier molecular flexibility index (Phi) is 10.4. The van der Waals surface area contributed by atoms with Crippen LogP contribution in [0.2, 0.25) is 10.0 Å². The highest BCUT2D eigenvalue weighted by atomic mass is 35.5. The van der Waals surface area contributed by atoms with E-state index < -0.39 is 4.92 Å². The molecule has 0 spiro atoms. The van der Waals surface area contributed by atoms with Gasteiger partial charge in [0.15, 0.2) is 0 Å². The number of hydrogen-bond acceptors (Lipinski definition) is 7. The average Bonchev–Trinajstić information content (AvgIpc) is 3.29. The third-order valence-corrected chi connectivity index (χ3v) is 8.61. The lowest BCUT2D eigenvalue weighted by molar-refractivity contribution is -0.385. The second-order valence-electron chi connectivity index (χ2n) is 11.9. The summed E-state index contributed by atoms with van der Waals surface area (Å²) in [6.45, 7) is 10.2. The number of aryl methyl sites for hydroxylation is 2. The molecule has 10 nitrogen and oxygen atoms in total. The van der Waals surface area contributed by atoms with E-state index in [0.717, 1.165) is 44.8 Å².